The van der Waals surface area contributed by atoms with E-state index < -0.39 is 0 Å². The molecule has 0 saturated carbocycles. The van der Waals surface area contributed by atoms with Crippen LogP contribution in [0.25, 0.3) is 6.08 Å². The molecule has 1 aromatic carbocycles. The monoisotopic (exact) mass is 172 g/mol. The fraction of sp³-hybridized carbons (Fsp3) is 0. The summed E-state index contributed by atoms with van der Waals surface area (Å²) in [6.07, 6.45) is 1.79. The predicted octanol–water partition coefficient (Wildman–Crippen LogP) is 3.55. The normalized spacial score (nSPS) is 10.6. The van der Waals surface area contributed by atoms with Crippen LogP contribution in [0.4, 0.5) is 0 Å². The Hall–Kier alpha value is -0.460. The topological polar surface area (TPSA) is 0 Å². The minimum Gasteiger partial charge on any atom is -0.0929 e. The van der Waals surface area contributed by atoms with Crippen molar-refractivity contribution in [2.24, 2.45) is 0 Å². The lowest BCUT2D eigenvalue weighted by Crippen LogP contribution is -1.68. The van der Waals surface area contributed by atoms with Gasteiger partial charge in [0.05, 0.1) is 0 Å². The van der Waals surface area contributed by atoms with E-state index >= 15 is 0 Å². The largest absolute Gasteiger partial charge is 0.0929 e. The zero-order chi connectivity index (χ0) is 7.40. The van der Waals surface area contributed by atoms with Gasteiger partial charge in [0.1, 0.15) is 0 Å². The fourth-order valence-corrected chi connectivity index (χ4v) is 1.03. The lowest BCUT2D eigenvalue weighted by Gasteiger charge is -1.91. The van der Waals surface area contributed by atoms with Crippen LogP contribution in [0.15, 0.2) is 29.8 Å². The minimum absolute atomic E-state index is 0.729. The van der Waals surface area contributed by atoms with Crippen LogP contribution in [0, 0.1) is 0 Å². The van der Waals surface area contributed by atoms with Gasteiger partial charge in [0.2, 0.25) is 0 Å². The van der Waals surface area contributed by atoms with Crippen LogP contribution >= 0.6 is 23.2 Å². The molecule has 10 heavy (non-hydrogen) atoms. The highest BCUT2D eigenvalue weighted by Gasteiger charge is 1.86. The third kappa shape index (κ3) is 2.05. The lowest BCUT2D eigenvalue weighted by atomic mass is 10.2. The SMILES string of the molecule is Cl/C=C/c1cccc(Cl)c1. The minimum atomic E-state index is 0.729. The molecule has 0 aliphatic carbocycles. The predicted molar refractivity (Wildman–Crippen MR) is 46.3 cm³/mol. The highest BCUT2D eigenvalue weighted by atomic mass is 35.5. The van der Waals surface area contributed by atoms with Crippen LogP contribution in [0.2, 0.25) is 5.02 Å². The van der Waals surface area contributed by atoms with Crippen LogP contribution in [-0.2, 0) is 0 Å². The summed E-state index contributed by atoms with van der Waals surface area (Å²) in [6.45, 7) is 0. The molecule has 0 atom stereocenters. The molecule has 2 heteroatoms. The average Bonchev–Trinajstić information content (AvgIpc) is 1.88. The van der Waals surface area contributed by atoms with Crippen molar-refractivity contribution < 1.29 is 0 Å². The molecule has 52 valence electrons. The number of rotatable bonds is 1. The summed E-state index contributed by atoms with van der Waals surface area (Å²) in [4.78, 5) is 0. The lowest BCUT2D eigenvalue weighted by molar-refractivity contribution is 1.66. The van der Waals surface area contributed by atoms with Crippen molar-refractivity contribution in [3.05, 3.63) is 40.4 Å². The zero-order valence-electron chi connectivity index (χ0n) is 5.22. The maximum Gasteiger partial charge on any atom is 0.0411 e. The van der Waals surface area contributed by atoms with Crippen LogP contribution in [0.3, 0.4) is 0 Å². The van der Waals surface area contributed by atoms with Crippen molar-refractivity contribution in [1.82, 2.24) is 0 Å². The van der Waals surface area contributed by atoms with Crippen molar-refractivity contribution in [1.29, 1.82) is 0 Å². The summed E-state index contributed by atoms with van der Waals surface area (Å²) >= 11 is 11.1. The van der Waals surface area contributed by atoms with Gasteiger partial charge in [-0.05, 0) is 23.8 Å². The molecule has 0 spiro atoms. The van der Waals surface area contributed by atoms with Gasteiger partial charge in [-0.15, -0.1) is 0 Å². The smallest absolute Gasteiger partial charge is 0.0411 e. The molecule has 0 aromatic heterocycles. The molecule has 0 bridgehead atoms. The molecule has 0 aliphatic rings. The number of halogens is 2. The molecule has 0 radical (unpaired) electrons. The standard InChI is InChI=1S/C8H6Cl2/c9-5-4-7-2-1-3-8(10)6-7/h1-6H/b5-4+. The van der Waals surface area contributed by atoms with Gasteiger partial charge in [-0.2, -0.15) is 0 Å². The summed E-state index contributed by atoms with van der Waals surface area (Å²) in [5.74, 6) is 0. The van der Waals surface area contributed by atoms with E-state index in [9.17, 15) is 0 Å². The van der Waals surface area contributed by atoms with Gasteiger partial charge in [-0.1, -0.05) is 35.3 Å². The summed E-state index contributed by atoms with van der Waals surface area (Å²) in [5.41, 5.74) is 2.48. The van der Waals surface area contributed by atoms with E-state index in [-0.39, 0.29) is 0 Å². The van der Waals surface area contributed by atoms with E-state index in [4.69, 9.17) is 23.2 Å². The second-order valence-electron chi connectivity index (χ2n) is 1.85. The molecule has 1 aromatic rings. The average molecular weight is 173 g/mol. The Labute approximate surface area is 70.1 Å². The van der Waals surface area contributed by atoms with E-state index in [0.717, 1.165) is 10.6 Å². The van der Waals surface area contributed by atoms with E-state index in [1.807, 2.05) is 24.3 Å². The van der Waals surface area contributed by atoms with Crippen LogP contribution in [0.5, 0.6) is 0 Å². The Balaban J connectivity index is 2.95. The van der Waals surface area contributed by atoms with Gasteiger partial charge >= 0.3 is 0 Å². The Morgan fingerprint density at radius 1 is 1.30 bits per heavy atom. The van der Waals surface area contributed by atoms with Crippen molar-refractivity contribution in [2.45, 2.75) is 0 Å². The van der Waals surface area contributed by atoms with E-state index in [2.05, 4.69) is 0 Å². The third-order valence-corrected chi connectivity index (χ3v) is 1.47. The summed E-state index contributed by atoms with van der Waals surface area (Å²) in [6, 6.07) is 7.49. The number of hydrogen-bond donors (Lipinski definition) is 0. The van der Waals surface area contributed by atoms with Crippen LogP contribution in [-0.4, -0.2) is 0 Å². The first kappa shape index (κ1) is 7.64. The molecule has 0 nitrogen and oxygen atoms in total. The molecule has 0 N–H and O–H groups in total. The van der Waals surface area contributed by atoms with Gasteiger partial charge in [0.25, 0.3) is 0 Å². The molecule has 0 saturated heterocycles. The van der Waals surface area contributed by atoms with Crippen molar-refractivity contribution in [3.8, 4) is 0 Å². The van der Waals surface area contributed by atoms with Crippen molar-refractivity contribution in [2.75, 3.05) is 0 Å². The van der Waals surface area contributed by atoms with Gasteiger partial charge in [0, 0.05) is 10.6 Å². The molecule has 0 unspecified atom stereocenters. The molecule has 0 aliphatic heterocycles. The van der Waals surface area contributed by atoms with Crippen LogP contribution in [0.1, 0.15) is 5.56 Å². The first-order chi connectivity index (χ1) is 4.83. The van der Waals surface area contributed by atoms with Gasteiger partial charge < -0.3 is 0 Å². The Morgan fingerprint density at radius 3 is 2.70 bits per heavy atom. The maximum absolute atomic E-state index is 5.70. The summed E-state index contributed by atoms with van der Waals surface area (Å²) < 4.78 is 0. The molecule has 0 amide bonds. The maximum atomic E-state index is 5.70. The quantitative estimate of drug-likeness (QED) is 0.609. The molecular weight excluding hydrogens is 167 g/mol. The first-order valence-corrected chi connectivity index (χ1v) is 3.66. The highest BCUT2D eigenvalue weighted by Crippen LogP contribution is 2.11. The second-order valence-corrected chi connectivity index (χ2v) is 2.54. The first-order valence-electron chi connectivity index (χ1n) is 2.85. The molecule has 0 fully saturated rings. The van der Waals surface area contributed by atoms with E-state index in [1.165, 1.54) is 5.54 Å². The number of hydrogen-bond acceptors (Lipinski definition) is 0. The van der Waals surface area contributed by atoms with Crippen molar-refractivity contribution >= 4 is 29.3 Å². The Bertz CT molecular complexity index is 241. The molecule has 0 heterocycles. The number of benzene rings is 1. The Kier molecular flexibility index (Phi) is 2.79. The Morgan fingerprint density at radius 2 is 2.10 bits per heavy atom. The van der Waals surface area contributed by atoms with E-state index in [1.54, 1.807) is 6.08 Å². The molecular formula is C8H6Cl2. The fourth-order valence-electron chi connectivity index (χ4n) is 0.683. The van der Waals surface area contributed by atoms with Crippen LogP contribution < -0.4 is 0 Å². The summed E-state index contributed by atoms with van der Waals surface area (Å²) in [5, 5.41) is 0.729. The summed E-state index contributed by atoms with van der Waals surface area (Å²) in [7, 11) is 0. The highest BCUT2D eigenvalue weighted by molar-refractivity contribution is 6.30. The second kappa shape index (κ2) is 3.65. The van der Waals surface area contributed by atoms with Gasteiger partial charge in [-0.25, -0.2) is 0 Å². The third-order valence-electron chi connectivity index (χ3n) is 1.10. The van der Waals surface area contributed by atoms with E-state index in [0.29, 0.717) is 0 Å². The van der Waals surface area contributed by atoms with Gasteiger partial charge in [-0.3, -0.25) is 0 Å². The van der Waals surface area contributed by atoms with Crippen molar-refractivity contribution in [3.63, 3.8) is 0 Å². The molecule has 1 rings (SSSR count). The van der Waals surface area contributed by atoms with Gasteiger partial charge in [0.15, 0.2) is 0 Å². The zero-order valence-corrected chi connectivity index (χ0v) is 6.73.